The molecule has 0 unspecified atom stereocenters. The molecule has 4 heterocycles. The number of amides is 1. The molecule has 0 radical (unpaired) electrons. The third-order valence-electron chi connectivity index (χ3n) is 8.65. The first-order chi connectivity index (χ1) is 26.3. The van der Waals surface area contributed by atoms with Crippen LogP contribution in [0.1, 0.15) is 47.7 Å². The molecule has 308 valence electrons. The Hall–Kier alpha value is -2.94. The first kappa shape index (κ1) is 54.1. The number of aryl methyl sites for hydroxylation is 2. The molecule has 0 spiro atoms. The van der Waals surface area contributed by atoms with Gasteiger partial charge in [0.15, 0.2) is 11.3 Å². The van der Waals surface area contributed by atoms with Crippen LogP contribution in [0.15, 0.2) is 61.2 Å². The molecule has 6 aromatic rings. The zero-order chi connectivity index (χ0) is 41.6. The summed E-state index contributed by atoms with van der Waals surface area (Å²) in [7, 11) is 3.03. The number of nitrogen functional groups attached to an aromatic ring is 2. The summed E-state index contributed by atoms with van der Waals surface area (Å²) in [6.07, 6.45) is -2.18. The third kappa shape index (κ3) is 13.0. The van der Waals surface area contributed by atoms with Gasteiger partial charge in [-0.05, 0) is 48.6 Å². The van der Waals surface area contributed by atoms with Gasteiger partial charge in [-0.1, -0.05) is 67.1 Å². The van der Waals surface area contributed by atoms with Crippen LogP contribution in [0.25, 0.3) is 44.6 Å². The van der Waals surface area contributed by atoms with E-state index in [4.69, 9.17) is 26.6 Å². The van der Waals surface area contributed by atoms with Crippen molar-refractivity contribution in [2.75, 3.05) is 38.7 Å². The predicted molar refractivity (Wildman–Crippen MR) is 211 cm³/mol. The molecule has 0 bridgehead atoms. The Morgan fingerprint density at radius 1 is 0.814 bits per heavy atom. The number of halogens is 3. The average Bonchev–Trinajstić information content (AvgIpc) is 3.74. The molecule has 59 heavy (non-hydrogen) atoms. The first-order valence-corrected chi connectivity index (χ1v) is 17.1. The van der Waals surface area contributed by atoms with Crippen molar-refractivity contribution in [1.29, 1.82) is 0 Å². The Kier molecular flexibility index (Phi) is 20.9. The molecule has 0 aliphatic rings. The van der Waals surface area contributed by atoms with Crippen molar-refractivity contribution in [3.63, 3.8) is 0 Å². The first-order valence-electron chi connectivity index (χ1n) is 17.1. The monoisotopic (exact) mass is 872 g/mol. The van der Waals surface area contributed by atoms with Crippen LogP contribution >= 0.6 is 0 Å². The van der Waals surface area contributed by atoms with E-state index < -0.39 is 17.6 Å². The number of rotatable bonds is 9. The molecule has 4 aromatic heterocycles. The van der Waals surface area contributed by atoms with Crippen molar-refractivity contribution in [3.8, 4) is 22.5 Å². The second-order valence-corrected chi connectivity index (χ2v) is 14.2. The molecule has 0 aliphatic carbocycles. The Labute approximate surface area is 427 Å². The van der Waals surface area contributed by atoms with E-state index in [-0.39, 0.29) is 136 Å². The Balaban J connectivity index is 0.00000102. The number of nitrogens with one attached hydrogen (secondary N) is 1. The SMILES string of the molecule is C.CNCC(C)(C)n1nc(-c2ccc(C)cc2)c2c(N)ncnc21.Cc1ccc(-c2nn(C(C)(C)CN(C)C(=O)C(F)(F)F)c3ncnc(N)c23)cc1.O=CO[O-].[H-].[K+].[K+]. The average molecular weight is 873 g/mol. The van der Waals surface area contributed by atoms with E-state index in [9.17, 15) is 18.0 Å². The normalized spacial score (nSPS) is 11.1. The third-order valence-corrected chi connectivity index (χ3v) is 8.65. The van der Waals surface area contributed by atoms with Gasteiger partial charge >= 0.3 is 115 Å². The summed E-state index contributed by atoms with van der Waals surface area (Å²) in [5, 5.41) is 22.4. The molecule has 0 atom stereocenters. The summed E-state index contributed by atoms with van der Waals surface area (Å²) in [4.78, 5) is 40.3. The number of likely N-dealkylation sites (N-methyl/N-ethyl adjacent to an activating group) is 2. The maximum absolute atomic E-state index is 12.8. The molecule has 5 N–H and O–H groups in total. The summed E-state index contributed by atoms with van der Waals surface area (Å²) in [6.45, 7) is 12.0. The summed E-state index contributed by atoms with van der Waals surface area (Å²) in [5.74, 6) is -1.25. The van der Waals surface area contributed by atoms with Gasteiger partial charge in [0.1, 0.15) is 35.7 Å². The molecular formula is C38H49F3K2N12O4. The number of hydrogen-bond acceptors (Lipinski definition) is 13. The smallest absolute Gasteiger partial charge is 1.00 e. The molecule has 0 fully saturated rings. The van der Waals surface area contributed by atoms with E-state index in [2.05, 4.69) is 80.3 Å². The fourth-order valence-electron chi connectivity index (χ4n) is 6.06. The van der Waals surface area contributed by atoms with Gasteiger partial charge in [-0.25, -0.2) is 29.3 Å². The maximum Gasteiger partial charge on any atom is 1.00 e. The molecule has 6 rings (SSSR count). The zero-order valence-corrected chi connectivity index (χ0v) is 40.5. The molecule has 16 nitrogen and oxygen atoms in total. The van der Waals surface area contributed by atoms with Crippen LogP contribution in [0.3, 0.4) is 0 Å². The van der Waals surface area contributed by atoms with Gasteiger partial charge in [0.2, 0.25) is 0 Å². The van der Waals surface area contributed by atoms with Gasteiger partial charge in [0.25, 0.3) is 6.47 Å². The number of alkyl halides is 3. The van der Waals surface area contributed by atoms with Crippen LogP contribution in [-0.4, -0.2) is 90.1 Å². The van der Waals surface area contributed by atoms with Crippen molar-refractivity contribution in [1.82, 2.24) is 49.7 Å². The van der Waals surface area contributed by atoms with Crippen LogP contribution in [-0.2, 0) is 25.6 Å². The van der Waals surface area contributed by atoms with Crippen molar-refractivity contribution in [3.05, 3.63) is 72.3 Å². The molecule has 1 amide bonds. The largest absolute Gasteiger partial charge is 1.00 e. The van der Waals surface area contributed by atoms with Crippen LogP contribution in [0.4, 0.5) is 24.8 Å². The number of fused-ring (bicyclic) bond motifs is 2. The summed E-state index contributed by atoms with van der Waals surface area (Å²) in [5.41, 5.74) is 17.5. The minimum absolute atomic E-state index is 0. The van der Waals surface area contributed by atoms with E-state index in [0.29, 0.717) is 27.4 Å². The Morgan fingerprint density at radius 3 is 1.53 bits per heavy atom. The van der Waals surface area contributed by atoms with Crippen LogP contribution in [0.5, 0.6) is 0 Å². The van der Waals surface area contributed by atoms with Crippen LogP contribution < -0.4 is 125 Å². The van der Waals surface area contributed by atoms with Crippen molar-refractivity contribution in [2.45, 2.75) is 66.2 Å². The van der Waals surface area contributed by atoms with Crippen molar-refractivity contribution in [2.24, 2.45) is 0 Å². The Morgan fingerprint density at radius 2 is 1.19 bits per heavy atom. The minimum Gasteiger partial charge on any atom is -1.00 e. The van der Waals surface area contributed by atoms with E-state index >= 15 is 0 Å². The second-order valence-electron chi connectivity index (χ2n) is 14.2. The summed E-state index contributed by atoms with van der Waals surface area (Å²) in [6, 6.07) is 15.8. The van der Waals surface area contributed by atoms with E-state index in [1.54, 1.807) is 13.8 Å². The zero-order valence-electron chi connectivity index (χ0n) is 35.2. The number of carbonyl (C=O) groups excluding carboxylic acids is 2. The fraction of sp³-hybridized carbons (Fsp3) is 0.368. The van der Waals surface area contributed by atoms with Gasteiger partial charge in [-0.3, -0.25) is 9.59 Å². The molecule has 0 saturated carbocycles. The standard InChI is InChI=1S/C19H21F3N6O.C17H22N6.CH2O3.CH4.2K.H/c1-11-5-7-12(8-6-11)14-13-15(23)24-10-25-16(13)28(26-14)18(2,3)9-27(4)17(29)19(20,21)22;1-11-5-7-12(8-6-11)14-13-15(18)20-10-21-16(13)23(22-14)17(2,3)9-19-4;2-1-4-3;;;;/h5-8,10H,9H2,1-4H3,(H2,23,24,25);5-8,10,19H,9H2,1-4H3,(H2,18,20,21);1,3H;1H4;;;/q;;;;2*+1;-1/p-1. The number of aromatic nitrogens is 8. The molecule has 21 heteroatoms. The number of nitrogens with two attached hydrogens (primary N) is 2. The molecule has 2 aromatic carbocycles. The summed E-state index contributed by atoms with van der Waals surface area (Å²) < 4.78 is 41.8. The van der Waals surface area contributed by atoms with E-state index in [0.717, 1.165) is 47.0 Å². The summed E-state index contributed by atoms with van der Waals surface area (Å²) >= 11 is 0. The van der Waals surface area contributed by atoms with Gasteiger partial charge in [-0.15, -0.1) is 0 Å². The number of anilines is 2. The van der Waals surface area contributed by atoms with Crippen molar-refractivity contribution < 1.29 is 137 Å². The quantitative estimate of drug-likeness (QED) is 0.0665. The van der Waals surface area contributed by atoms with Crippen molar-refractivity contribution >= 4 is 46.1 Å². The molecule has 0 saturated heterocycles. The number of carbonyl (C=O) groups is 2. The van der Waals surface area contributed by atoms with Crippen LogP contribution in [0.2, 0.25) is 0 Å². The predicted octanol–water partition coefficient (Wildman–Crippen LogP) is -1.33. The van der Waals surface area contributed by atoms with E-state index in [1.807, 2.05) is 42.9 Å². The van der Waals surface area contributed by atoms with Gasteiger partial charge < -0.3 is 33.3 Å². The minimum atomic E-state index is -4.95. The number of benzene rings is 2. The number of nitrogens with zero attached hydrogens (tertiary/aromatic N) is 9. The second kappa shape index (κ2) is 22.8. The number of hydrogen-bond donors (Lipinski definition) is 3. The van der Waals surface area contributed by atoms with E-state index in [1.165, 1.54) is 22.9 Å². The maximum atomic E-state index is 12.8. The van der Waals surface area contributed by atoms with Gasteiger partial charge in [0.05, 0.1) is 21.9 Å². The fourth-order valence-corrected chi connectivity index (χ4v) is 6.06. The van der Waals surface area contributed by atoms with Gasteiger partial charge in [0, 0.05) is 31.3 Å². The Bertz CT molecular complexity index is 2310. The molecule has 0 aliphatic heterocycles. The van der Waals surface area contributed by atoms with Crippen LogP contribution in [0, 0.1) is 13.8 Å². The molecular weight excluding hydrogens is 824 g/mol. The van der Waals surface area contributed by atoms with Gasteiger partial charge in [-0.2, -0.15) is 23.4 Å². The topological polar surface area (TPSA) is 221 Å².